The molecule has 1 aromatic heterocycles. The molecule has 1 fully saturated rings. The van der Waals surface area contributed by atoms with Crippen LogP contribution in [0.3, 0.4) is 0 Å². The van der Waals surface area contributed by atoms with Gasteiger partial charge in [-0.25, -0.2) is 4.98 Å². The molecule has 0 amide bonds. The molecule has 2 rings (SSSR count). The molecule has 2 N–H and O–H groups in total. The van der Waals surface area contributed by atoms with E-state index in [1.165, 1.54) is 5.56 Å². The molecule has 1 saturated heterocycles. The smallest absolute Gasteiger partial charge is 0.128 e. The van der Waals surface area contributed by atoms with Crippen LogP contribution < -0.4 is 10.6 Å². The van der Waals surface area contributed by atoms with Gasteiger partial charge in [0.2, 0.25) is 0 Å². The molecule has 2 heterocycles. The van der Waals surface area contributed by atoms with Crippen LogP contribution in [-0.4, -0.2) is 47.1 Å². The third-order valence-corrected chi connectivity index (χ3v) is 4.55. The van der Waals surface area contributed by atoms with E-state index in [4.69, 9.17) is 18.0 Å². The van der Waals surface area contributed by atoms with Crippen molar-refractivity contribution in [3.63, 3.8) is 0 Å². The third kappa shape index (κ3) is 3.92. The van der Waals surface area contributed by atoms with E-state index in [2.05, 4.69) is 54.6 Å². The minimum Gasteiger partial charge on any atom is -0.392 e. The van der Waals surface area contributed by atoms with Crippen LogP contribution in [0.15, 0.2) is 18.3 Å². The second-order valence-electron chi connectivity index (χ2n) is 6.76. The van der Waals surface area contributed by atoms with Crippen LogP contribution in [0, 0.1) is 0 Å². The van der Waals surface area contributed by atoms with E-state index in [1.807, 2.05) is 6.20 Å². The van der Waals surface area contributed by atoms with Gasteiger partial charge >= 0.3 is 0 Å². The summed E-state index contributed by atoms with van der Waals surface area (Å²) >= 11 is 5.08. The summed E-state index contributed by atoms with van der Waals surface area (Å²) in [5.74, 6) is 1.06. The highest BCUT2D eigenvalue weighted by Crippen LogP contribution is 2.23. The first kappa shape index (κ1) is 16.2. The fourth-order valence-electron chi connectivity index (χ4n) is 2.54. The van der Waals surface area contributed by atoms with Crippen molar-refractivity contribution in [2.24, 2.45) is 5.73 Å². The Bertz CT molecular complexity index is 484. The molecule has 21 heavy (non-hydrogen) atoms. The number of pyridine rings is 1. The quantitative estimate of drug-likeness (QED) is 0.867. The van der Waals surface area contributed by atoms with E-state index in [1.54, 1.807) is 0 Å². The Labute approximate surface area is 133 Å². The monoisotopic (exact) mass is 306 g/mol. The highest BCUT2D eigenvalue weighted by molar-refractivity contribution is 7.80. The molecule has 1 atom stereocenters. The summed E-state index contributed by atoms with van der Waals surface area (Å²) in [7, 11) is 0. The second kappa shape index (κ2) is 6.28. The molecule has 0 radical (unpaired) electrons. The number of nitrogens with two attached hydrogens (primary N) is 1. The van der Waals surface area contributed by atoms with Crippen LogP contribution in [0.5, 0.6) is 0 Å². The summed E-state index contributed by atoms with van der Waals surface area (Å²) in [6.07, 6.45) is 2.00. The molecular weight excluding hydrogens is 280 g/mol. The molecule has 0 spiro atoms. The Morgan fingerprint density at radius 1 is 1.24 bits per heavy atom. The molecular formula is C16H26N4S. The Morgan fingerprint density at radius 2 is 1.86 bits per heavy atom. The lowest BCUT2D eigenvalue weighted by atomic mass is 9.88. The van der Waals surface area contributed by atoms with Gasteiger partial charge in [0.15, 0.2) is 0 Å². The zero-order chi connectivity index (χ0) is 15.6. The Morgan fingerprint density at radius 3 is 2.29 bits per heavy atom. The zero-order valence-electron chi connectivity index (χ0n) is 13.5. The van der Waals surface area contributed by atoms with Gasteiger partial charge in [0, 0.05) is 32.4 Å². The average Bonchev–Trinajstić information content (AvgIpc) is 2.46. The molecule has 116 valence electrons. The van der Waals surface area contributed by atoms with Gasteiger partial charge in [-0.1, -0.05) is 39.1 Å². The summed E-state index contributed by atoms with van der Waals surface area (Å²) in [6, 6.07) is 4.50. The fraction of sp³-hybridized carbons (Fsp3) is 0.625. The standard InChI is InChI=1S/C16H26N4S/c1-12(15(17)21)19-7-9-20(10-8-19)14-6-5-13(11-18-14)16(2,3)4/h5-6,11-12H,7-10H2,1-4H3,(H2,17,21). The molecule has 1 unspecified atom stereocenters. The summed E-state index contributed by atoms with van der Waals surface area (Å²) in [4.78, 5) is 9.87. The Balaban J connectivity index is 1.98. The van der Waals surface area contributed by atoms with Crippen molar-refractivity contribution in [1.82, 2.24) is 9.88 Å². The maximum Gasteiger partial charge on any atom is 0.128 e. The van der Waals surface area contributed by atoms with Gasteiger partial charge in [-0.15, -0.1) is 0 Å². The van der Waals surface area contributed by atoms with Crippen LogP contribution in [0.25, 0.3) is 0 Å². The SMILES string of the molecule is CC(C(N)=S)N1CCN(c2ccc(C(C)(C)C)cn2)CC1. The largest absolute Gasteiger partial charge is 0.392 e. The van der Waals surface area contributed by atoms with E-state index in [9.17, 15) is 0 Å². The molecule has 0 bridgehead atoms. The van der Waals surface area contributed by atoms with Crippen LogP contribution in [-0.2, 0) is 5.41 Å². The van der Waals surface area contributed by atoms with Crippen molar-refractivity contribution in [2.45, 2.75) is 39.2 Å². The number of hydrogen-bond donors (Lipinski definition) is 1. The van der Waals surface area contributed by atoms with E-state index >= 15 is 0 Å². The lowest BCUT2D eigenvalue weighted by molar-refractivity contribution is 0.238. The van der Waals surface area contributed by atoms with E-state index in [0.717, 1.165) is 32.0 Å². The van der Waals surface area contributed by atoms with E-state index < -0.39 is 0 Å². The van der Waals surface area contributed by atoms with Crippen molar-refractivity contribution >= 4 is 23.0 Å². The number of nitrogens with zero attached hydrogens (tertiary/aromatic N) is 3. The first-order valence-electron chi connectivity index (χ1n) is 7.54. The molecule has 1 aromatic rings. The summed E-state index contributed by atoms with van der Waals surface area (Å²) in [6.45, 7) is 12.6. The van der Waals surface area contributed by atoms with Crippen LogP contribution in [0.4, 0.5) is 5.82 Å². The zero-order valence-corrected chi connectivity index (χ0v) is 14.3. The Hall–Kier alpha value is -1.20. The number of piperazine rings is 1. The van der Waals surface area contributed by atoms with Crippen molar-refractivity contribution in [3.05, 3.63) is 23.9 Å². The summed E-state index contributed by atoms with van der Waals surface area (Å²) in [5, 5.41) is 0. The van der Waals surface area contributed by atoms with E-state index in [0.29, 0.717) is 4.99 Å². The molecule has 1 aliphatic rings. The average molecular weight is 306 g/mol. The van der Waals surface area contributed by atoms with Crippen LogP contribution in [0.1, 0.15) is 33.3 Å². The van der Waals surface area contributed by atoms with Crippen LogP contribution in [0.2, 0.25) is 0 Å². The number of thiocarbonyl (C=S) groups is 1. The topological polar surface area (TPSA) is 45.4 Å². The predicted octanol–water partition coefficient (Wildman–Crippen LogP) is 2.18. The molecule has 0 aliphatic carbocycles. The Kier molecular flexibility index (Phi) is 4.84. The predicted molar refractivity (Wildman–Crippen MR) is 93.0 cm³/mol. The van der Waals surface area contributed by atoms with E-state index in [-0.39, 0.29) is 11.5 Å². The number of aromatic nitrogens is 1. The minimum absolute atomic E-state index is 0.149. The second-order valence-corrected chi connectivity index (χ2v) is 7.23. The van der Waals surface area contributed by atoms with Crippen LogP contribution >= 0.6 is 12.2 Å². The minimum atomic E-state index is 0.149. The molecule has 5 heteroatoms. The highest BCUT2D eigenvalue weighted by atomic mass is 32.1. The molecule has 1 aliphatic heterocycles. The van der Waals surface area contributed by atoms with Gasteiger partial charge < -0.3 is 10.6 Å². The van der Waals surface area contributed by atoms with Gasteiger partial charge in [0.25, 0.3) is 0 Å². The van der Waals surface area contributed by atoms with Crippen molar-refractivity contribution < 1.29 is 0 Å². The normalized spacial score (nSPS) is 18.6. The van der Waals surface area contributed by atoms with Gasteiger partial charge in [-0.2, -0.15) is 0 Å². The third-order valence-electron chi connectivity index (χ3n) is 4.21. The molecule has 0 saturated carbocycles. The first-order chi connectivity index (χ1) is 9.79. The van der Waals surface area contributed by atoms with Crippen molar-refractivity contribution in [3.8, 4) is 0 Å². The van der Waals surface area contributed by atoms with Crippen molar-refractivity contribution in [1.29, 1.82) is 0 Å². The molecule has 4 nitrogen and oxygen atoms in total. The van der Waals surface area contributed by atoms with Gasteiger partial charge in [-0.05, 0) is 24.0 Å². The lowest BCUT2D eigenvalue weighted by Gasteiger charge is -2.38. The van der Waals surface area contributed by atoms with Crippen molar-refractivity contribution in [2.75, 3.05) is 31.1 Å². The summed E-state index contributed by atoms with van der Waals surface area (Å²) < 4.78 is 0. The summed E-state index contributed by atoms with van der Waals surface area (Å²) in [5.41, 5.74) is 7.15. The van der Waals surface area contributed by atoms with Gasteiger partial charge in [0.1, 0.15) is 5.82 Å². The first-order valence-corrected chi connectivity index (χ1v) is 7.94. The maximum absolute atomic E-state index is 5.73. The fourth-order valence-corrected chi connectivity index (χ4v) is 2.68. The molecule has 0 aromatic carbocycles. The lowest BCUT2D eigenvalue weighted by Crippen LogP contribution is -2.52. The number of rotatable bonds is 3. The number of anilines is 1. The number of hydrogen-bond acceptors (Lipinski definition) is 4. The van der Waals surface area contributed by atoms with Gasteiger partial charge in [-0.3, -0.25) is 4.90 Å². The van der Waals surface area contributed by atoms with Gasteiger partial charge in [0.05, 0.1) is 11.0 Å². The highest BCUT2D eigenvalue weighted by Gasteiger charge is 2.23. The maximum atomic E-state index is 5.73.